The molecule has 2 aromatic rings. The van der Waals surface area contributed by atoms with Crippen molar-refractivity contribution in [2.45, 2.75) is 25.8 Å². The van der Waals surface area contributed by atoms with E-state index >= 15 is 4.39 Å². The molecule has 1 saturated heterocycles. The predicted molar refractivity (Wildman–Crippen MR) is 98.2 cm³/mol. The molecule has 1 aliphatic carbocycles. The Morgan fingerprint density at radius 2 is 2.00 bits per heavy atom. The zero-order chi connectivity index (χ0) is 18.6. The van der Waals surface area contributed by atoms with Crippen LogP contribution < -0.4 is 15.6 Å². The highest BCUT2D eigenvalue weighted by Gasteiger charge is 2.31. The molecule has 138 valence electrons. The van der Waals surface area contributed by atoms with Crippen molar-refractivity contribution in [1.29, 1.82) is 0 Å². The Labute approximate surface area is 154 Å². The van der Waals surface area contributed by atoms with Crippen molar-refractivity contribution in [1.82, 2.24) is 9.88 Å². The first-order valence-electron chi connectivity index (χ1n) is 8.67. The smallest absolute Gasteiger partial charge is 0.341 e. The third-order valence-corrected chi connectivity index (χ3v) is 5.52. The summed E-state index contributed by atoms with van der Waals surface area (Å²) in [5, 5.41) is 12.3. The van der Waals surface area contributed by atoms with E-state index in [1.165, 1.54) is 6.20 Å². The van der Waals surface area contributed by atoms with Crippen molar-refractivity contribution in [3.63, 3.8) is 0 Å². The van der Waals surface area contributed by atoms with Crippen LogP contribution in [0.3, 0.4) is 0 Å². The number of hydrogen-bond donors (Lipinski definition) is 2. The number of nitrogens with zero attached hydrogens (tertiary/aromatic N) is 2. The molecule has 0 amide bonds. The molecule has 4 rings (SSSR count). The molecule has 0 unspecified atom stereocenters. The third kappa shape index (κ3) is 2.57. The Hall–Kier alpha value is -2.12. The van der Waals surface area contributed by atoms with Crippen molar-refractivity contribution >= 4 is 34.2 Å². The fraction of sp³-hybridized carbons (Fsp3) is 0.444. The molecule has 2 N–H and O–H groups in total. The second-order valence-corrected chi connectivity index (χ2v) is 7.26. The van der Waals surface area contributed by atoms with Gasteiger partial charge < -0.3 is 19.9 Å². The molecule has 1 aromatic heterocycles. The van der Waals surface area contributed by atoms with E-state index in [-0.39, 0.29) is 22.0 Å². The lowest BCUT2D eigenvalue weighted by Gasteiger charge is -2.32. The van der Waals surface area contributed by atoms with E-state index in [9.17, 15) is 14.7 Å². The Kier molecular flexibility index (Phi) is 4.16. The van der Waals surface area contributed by atoms with Crippen molar-refractivity contribution in [2.24, 2.45) is 0 Å². The van der Waals surface area contributed by atoms with Gasteiger partial charge in [-0.2, -0.15) is 0 Å². The summed E-state index contributed by atoms with van der Waals surface area (Å²) in [6.45, 7) is 4.53. The second kappa shape index (κ2) is 6.25. The zero-order valence-electron chi connectivity index (χ0n) is 14.3. The Bertz CT molecular complexity index is 978. The second-order valence-electron chi connectivity index (χ2n) is 6.88. The van der Waals surface area contributed by atoms with Crippen LogP contribution in [0.4, 0.5) is 10.1 Å². The molecular formula is C18H19ClFN3O3. The SMILES string of the molecule is Cc1c(N2CCNCC2)c(F)c(Cl)c2c(=O)c(C(=O)O)cn(C3CC3)c12. The van der Waals surface area contributed by atoms with Crippen molar-refractivity contribution in [3.05, 3.63) is 38.4 Å². The molecule has 1 saturated carbocycles. The molecule has 2 aliphatic rings. The highest BCUT2D eigenvalue weighted by atomic mass is 35.5. The number of aromatic carboxylic acids is 1. The van der Waals surface area contributed by atoms with Gasteiger partial charge in [-0.25, -0.2) is 9.18 Å². The number of anilines is 1. The number of aromatic nitrogens is 1. The standard InChI is InChI=1S/C18H19ClFN3O3/c1-9-15-12(13(19)14(20)16(9)22-6-4-21-5-7-22)17(24)11(18(25)26)8-23(15)10-2-3-10/h8,10,21H,2-7H2,1H3,(H,25,26). The summed E-state index contributed by atoms with van der Waals surface area (Å²) < 4.78 is 16.9. The number of piperazine rings is 1. The highest BCUT2D eigenvalue weighted by molar-refractivity contribution is 6.36. The van der Waals surface area contributed by atoms with E-state index in [1.807, 2.05) is 4.90 Å². The van der Waals surface area contributed by atoms with Gasteiger partial charge in [-0.1, -0.05) is 11.6 Å². The molecule has 0 spiro atoms. The number of aryl methyl sites for hydroxylation is 1. The molecule has 0 bridgehead atoms. The van der Waals surface area contributed by atoms with Gasteiger partial charge in [0.2, 0.25) is 5.43 Å². The number of rotatable bonds is 3. The summed E-state index contributed by atoms with van der Waals surface area (Å²) in [6, 6.07) is 0.118. The summed E-state index contributed by atoms with van der Waals surface area (Å²) in [4.78, 5) is 26.1. The first-order valence-corrected chi connectivity index (χ1v) is 9.05. The average Bonchev–Trinajstić information content (AvgIpc) is 3.45. The van der Waals surface area contributed by atoms with E-state index in [0.29, 0.717) is 29.9 Å². The lowest BCUT2D eigenvalue weighted by atomic mass is 10.0. The minimum Gasteiger partial charge on any atom is -0.477 e. The molecule has 1 aliphatic heterocycles. The average molecular weight is 380 g/mol. The number of pyridine rings is 1. The van der Waals surface area contributed by atoms with Crippen molar-refractivity contribution < 1.29 is 14.3 Å². The van der Waals surface area contributed by atoms with Crippen LogP contribution in [0.5, 0.6) is 0 Å². The Balaban J connectivity index is 2.09. The van der Waals surface area contributed by atoms with Gasteiger partial charge in [0.25, 0.3) is 0 Å². The van der Waals surface area contributed by atoms with E-state index in [0.717, 1.165) is 25.9 Å². The quantitative estimate of drug-likeness (QED) is 0.857. The van der Waals surface area contributed by atoms with Gasteiger partial charge >= 0.3 is 5.97 Å². The molecule has 26 heavy (non-hydrogen) atoms. The Morgan fingerprint density at radius 3 is 2.58 bits per heavy atom. The first kappa shape index (κ1) is 17.3. The number of fused-ring (bicyclic) bond motifs is 1. The van der Waals surface area contributed by atoms with E-state index < -0.39 is 17.2 Å². The van der Waals surface area contributed by atoms with Gasteiger partial charge in [-0.05, 0) is 25.3 Å². The van der Waals surface area contributed by atoms with E-state index in [1.54, 1.807) is 11.5 Å². The molecule has 0 radical (unpaired) electrons. The molecule has 0 atom stereocenters. The van der Waals surface area contributed by atoms with Crippen LogP contribution in [-0.4, -0.2) is 41.8 Å². The van der Waals surface area contributed by atoms with Gasteiger partial charge in [-0.3, -0.25) is 4.79 Å². The van der Waals surface area contributed by atoms with Gasteiger partial charge in [0.1, 0.15) is 5.56 Å². The molecule has 2 fully saturated rings. The van der Waals surface area contributed by atoms with Gasteiger partial charge in [-0.15, -0.1) is 0 Å². The molecule has 1 aromatic carbocycles. The van der Waals surface area contributed by atoms with Crippen molar-refractivity contribution in [3.8, 4) is 0 Å². The van der Waals surface area contributed by atoms with E-state index in [2.05, 4.69) is 5.32 Å². The largest absolute Gasteiger partial charge is 0.477 e. The highest BCUT2D eigenvalue weighted by Crippen LogP contribution is 2.42. The normalized spacial score (nSPS) is 17.7. The Morgan fingerprint density at radius 1 is 1.35 bits per heavy atom. The van der Waals surface area contributed by atoms with E-state index in [4.69, 9.17) is 11.6 Å². The molecule has 6 nitrogen and oxygen atoms in total. The summed E-state index contributed by atoms with van der Waals surface area (Å²) in [5.74, 6) is -1.98. The predicted octanol–water partition coefficient (Wildman–Crippen LogP) is 2.55. The molecular weight excluding hydrogens is 361 g/mol. The summed E-state index contributed by atoms with van der Waals surface area (Å²) in [6.07, 6.45) is 3.18. The van der Waals surface area contributed by atoms with Crippen LogP contribution in [0.15, 0.2) is 11.0 Å². The van der Waals surface area contributed by atoms with Crippen molar-refractivity contribution in [2.75, 3.05) is 31.1 Å². The number of carbonyl (C=O) groups is 1. The maximum atomic E-state index is 15.1. The number of nitrogens with one attached hydrogen (secondary N) is 1. The fourth-order valence-electron chi connectivity index (χ4n) is 3.77. The minimum atomic E-state index is -1.33. The molecule has 2 heterocycles. The summed E-state index contributed by atoms with van der Waals surface area (Å²) in [5.41, 5.74) is 0.469. The van der Waals surface area contributed by atoms with Gasteiger partial charge in [0.05, 0.1) is 21.6 Å². The number of halogens is 2. The number of carboxylic acids is 1. The van der Waals surface area contributed by atoms with Crippen LogP contribution in [0.2, 0.25) is 5.02 Å². The monoisotopic (exact) mass is 379 g/mol. The third-order valence-electron chi connectivity index (χ3n) is 5.17. The number of hydrogen-bond acceptors (Lipinski definition) is 4. The van der Waals surface area contributed by atoms with Gasteiger partial charge in [0, 0.05) is 38.4 Å². The topological polar surface area (TPSA) is 74.6 Å². The minimum absolute atomic E-state index is 0.0349. The van der Waals surface area contributed by atoms with Crippen LogP contribution in [0, 0.1) is 12.7 Å². The van der Waals surface area contributed by atoms with Crippen LogP contribution in [-0.2, 0) is 0 Å². The zero-order valence-corrected chi connectivity index (χ0v) is 15.1. The summed E-state index contributed by atoms with van der Waals surface area (Å²) >= 11 is 6.28. The van der Waals surface area contributed by atoms with Crippen LogP contribution in [0.25, 0.3) is 10.9 Å². The number of benzene rings is 1. The maximum Gasteiger partial charge on any atom is 0.341 e. The summed E-state index contributed by atoms with van der Waals surface area (Å²) in [7, 11) is 0. The molecule has 8 heteroatoms. The maximum absolute atomic E-state index is 15.1. The lowest BCUT2D eigenvalue weighted by molar-refractivity contribution is 0.0695. The lowest BCUT2D eigenvalue weighted by Crippen LogP contribution is -2.44. The van der Waals surface area contributed by atoms with Crippen LogP contribution in [0.1, 0.15) is 34.8 Å². The first-order chi connectivity index (χ1) is 12.4. The van der Waals surface area contributed by atoms with Crippen LogP contribution >= 0.6 is 11.6 Å². The fourth-order valence-corrected chi connectivity index (χ4v) is 4.03. The van der Waals surface area contributed by atoms with Gasteiger partial charge in [0.15, 0.2) is 5.82 Å². The number of carboxylic acid groups (broad SMARTS) is 1.